The molecule has 1 saturated heterocycles. The number of para-hydroxylation sites is 1. The van der Waals surface area contributed by atoms with E-state index in [0.29, 0.717) is 23.0 Å². The van der Waals surface area contributed by atoms with Crippen LogP contribution in [0.4, 0.5) is 11.5 Å². The number of aromatic nitrogens is 2. The Morgan fingerprint density at radius 2 is 1.96 bits per heavy atom. The zero-order valence-corrected chi connectivity index (χ0v) is 13.3. The Bertz CT molecular complexity index is 678. The number of nitrogen functional groups attached to an aromatic ring is 1. The largest absolute Gasteiger partial charge is 0.507 e. The van der Waals surface area contributed by atoms with Crippen LogP contribution in [-0.2, 0) is 0 Å². The number of nitrogens with two attached hydrogens (primary N) is 2. The molecule has 2 aromatic rings. The second-order valence-electron chi connectivity index (χ2n) is 6.36. The maximum atomic E-state index is 10.0. The van der Waals surface area contributed by atoms with Crippen LogP contribution in [0.2, 0.25) is 0 Å². The van der Waals surface area contributed by atoms with Crippen molar-refractivity contribution in [2.45, 2.75) is 25.8 Å². The average molecular weight is 313 g/mol. The molecule has 1 fully saturated rings. The summed E-state index contributed by atoms with van der Waals surface area (Å²) in [5, 5.41) is 18.3. The minimum Gasteiger partial charge on any atom is -0.507 e. The normalized spacial score (nSPS) is 21.9. The van der Waals surface area contributed by atoms with Gasteiger partial charge in [0, 0.05) is 24.7 Å². The molecule has 0 bridgehead atoms. The molecule has 0 radical (unpaired) electrons. The van der Waals surface area contributed by atoms with Gasteiger partial charge in [0.25, 0.3) is 0 Å². The third-order valence-electron chi connectivity index (χ3n) is 4.34. The molecule has 3 rings (SSSR count). The molecule has 0 aliphatic carbocycles. The Kier molecular flexibility index (Phi) is 4.34. The third-order valence-corrected chi connectivity index (χ3v) is 4.34. The lowest BCUT2D eigenvalue weighted by molar-refractivity contribution is 0.477. The number of rotatable bonds is 2. The minimum absolute atomic E-state index is 0.126. The highest BCUT2D eigenvalue weighted by atomic mass is 16.3. The van der Waals surface area contributed by atoms with E-state index in [4.69, 9.17) is 11.5 Å². The van der Waals surface area contributed by atoms with Crippen LogP contribution in [0.5, 0.6) is 5.75 Å². The Balaban J connectivity index is 1.99. The van der Waals surface area contributed by atoms with E-state index >= 15 is 0 Å². The van der Waals surface area contributed by atoms with Crippen LogP contribution in [0.15, 0.2) is 30.3 Å². The molecule has 1 aromatic carbocycles. The predicted octanol–water partition coefficient (Wildman–Crippen LogP) is 1.99. The van der Waals surface area contributed by atoms with Crippen molar-refractivity contribution >= 4 is 11.5 Å². The Morgan fingerprint density at radius 1 is 1.17 bits per heavy atom. The van der Waals surface area contributed by atoms with Crippen molar-refractivity contribution in [1.29, 1.82) is 0 Å². The zero-order valence-electron chi connectivity index (χ0n) is 13.3. The van der Waals surface area contributed by atoms with Crippen LogP contribution in [0, 0.1) is 5.92 Å². The van der Waals surface area contributed by atoms with Gasteiger partial charge in [0.15, 0.2) is 5.82 Å². The van der Waals surface area contributed by atoms with Crippen LogP contribution in [0.25, 0.3) is 11.3 Å². The van der Waals surface area contributed by atoms with Gasteiger partial charge in [-0.25, -0.2) is 0 Å². The zero-order chi connectivity index (χ0) is 16.4. The molecule has 1 aliphatic heterocycles. The molecule has 23 heavy (non-hydrogen) atoms. The summed E-state index contributed by atoms with van der Waals surface area (Å²) in [6.45, 7) is 3.87. The van der Waals surface area contributed by atoms with Gasteiger partial charge in [0.1, 0.15) is 5.75 Å². The molecule has 2 atom stereocenters. The van der Waals surface area contributed by atoms with E-state index in [-0.39, 0.29) is 11.8 Å². The number of hydrogen-bond donors (Lipinski definition) is 3. The Morgan fingerprint density at radius 3 is 2.74 bits per heavy atom. The number of nitrogens with zero attached hydrogens (tertiary/aromatic N) is 3. The highest BCUT2D eigenvalue weighted by Crippen LogP contribution is 2.32. The van der Waals surface area contributed by atoms with Crippen LogP contribution in [0.3, 0.4) is 0 Å². The summed E-state index contributed by atoms with van der Waals surface area (Å²) in [4.78, 5) is 2.19. The molecule has 0 unspecified atom stereocenters. The molecule has 6 heteroatoms. The van der Waals surface area contributed by atoms with Gasteiger partial charge in [-0.3, -0.25) is 0 Å². The molecule has 2 heterocycles. The van der Waals surface area contributed by atoms with E-state index < -0.39 is 0 Å². The summed E-state index contributed by atoms with van der Waals surface area (Å²) in [6.07, 6.45) is 2.13. The van der Waals surface area contributed by atoms with E-state index in [0.717, 1.165) is 31.6 Å². The van der Waals surface area contributed by atoms with E-state index in [1.807, 2.05) is 18.2 Å². The average Bonchev–Trinajstić information content (AvgIpc) is 2.70. The first-order valence-corrected chi connectivity index (χ1v) is 7.96. The fourth-order valence-corrected chi connectivity index (χ4v) is 3.08. The SMILES string of the molecule is C[C@@H]1CC[C@H](N)CN(c2cc(-c3ccccc3O)nnc2N)C1. The first-order valence-electron chi connectivity index (χ1n) is 7.96. The summed E-state index contributed by atoms with van der Waals surface area (Å²) in [5.41, 5.74) is 14.3. The van der Waals surface area contributed by atoms with Gasteiger partial charge in [0.2, 0.25) is 0 Å². The number of phenols is 1. The van der Waals surface area contributed by atoms with E-state index in [1.165, 1.54) is 0 Å². The molecule has 1 aliphatic rings. The molecule has 0 spiro atoms. The number of benzene rings is 1. The fourth-order valence-electron chi connectivity index (χ4n) is 3.08. The topological polar surface area (TPSA) is 101 Å². The van der Waals surface area contributed by atoms with Crippen molar-refractivity contribution in [3.05, 3.63) is 30.3 Å². The second kappa shape index (κ2) is 6.42. The highest BCUT2D eigenvalue weighted by Gasteiger charge is 2.22. The number of hydrogen-bond acceptors (Lipinski definition) is 6. The fraction of sp³-hybridized carbons (Fsp3) is 0.412. The van der Waals surface area contributed by atoms with Gasteiger partial charge in [-0.1, -0.05) is 19.1 Å². The molecule has 0 saturated carbocycles. The first kappa shape index (κ1) is 15.6. The highest BCUT2D eigenvalue weighted by molar-refractivity contribution is 5.74. The molecule has 1 aromatic heterocycles. The van der Waals surface area contributed by atoms with Gasteiger partial charge in [-0.2, -0.15) is 0 Å². The van der Waals surface area contributed by atoms with Crippen molar-refractivity contribution in [3.8, 4) is 17.0 Å². The standard InChI is InChI=1S/C17H23N5O/c1-11-6-7-12(18)10-22(9-11)15-8-14(20-21-17(15)19)13-4-2-3-5-16(13)23/h2-5,8,11-12,23H,6-7,9-10,18H2,1H3,(H2,19,21)/t11-,12+/m1/s1. The maximum absolute atomic E-state index is 10.0. The summed E-state index contributed by atoms with van der Waals surface area (Å²) < 4.78 is 0. The van der Waals surface area contributed by atoms with Crippen LogP contribution >= 0.6 is 0 Å². The van der Waals surface area contributed by atoms with E-state index in [1.54, 1.807) is 12.1 Å². The van der Waals surface area contributed by atoms with Crippen LogP contribution < -0.4 is 16.4 Å². The van der Waals surface area contributed by atoms with Gasteiger partial charge in [0.05, 0.1) is 11.4 Å². The predicted molar refractivity (Wildman–Crippen MR) is 92.1 cm³/mol. The lowest BCUT2D eigenvalue weighted by atomic mass is 10.0. The van der Waals surface area contributed by atoms with E-state index in [9.17, 15) is 5.11 Å². The molecule has 5 N–H and O–H groups in total. The lowest BCUT2D eigenvalue weighted by Gasteiger charge is -2.27. The second-order valence-corrected chi connectivity index (χ2v) is 6.36. The Hall–Kier alpha value is -2.34. The van der Waals surface area contributed by atoms with Gasteiger partial charge >= 0.3 is 0 Å². The summed E-state index contributed by atoms with van der Waals surface area (Å²) in [7, 11) is 0. The van der Waals surface area contributed by atoms with Crippen molar-refractivity contribution in [3.63, 3.8) is 0 Å². The van der Waals surface area contributed by atoms with Gasteiger partial charge in [-0.15, -0.1) is 10.2 Å². The van der Waals surface area contributed by atoms with Gasteiger partial charge in [-0.05, 0) is 37.0 Å². The molecule has 6 nitrogen and oxygen atoms in total. The maximum Gasteiger partial charge on any atom is 0.169 e. The molecular weight excluding hydrogens is 290 g/mol. The third kappa shape index (κ3) is 3.37. The van der Waals surface area contributed by atoms with Crippen molar-refractivity contribution in [2.75, 3.05) is 23.7 Å². The molecule has 122 valence electrons. The monoisotopic (exact) mass is 313 g/mol. The van der Waals surface area contributed by atoms with Crippen molar-refractivity contribution in [2.24, 2.45) is 11.7 Å². The number of anilines is 2. The van der Waals surface area contributed by atoms with Gasteiger partial charge < -0.3 is 21.5 Å². The quantitative estimate of drug-likeness (QED) is 0.784. The molecule has 0 amide bonds. The van der Waals surface area contributed by atoms with Crippen molar-refractivity contribution < 1.29 is 5.11 Å². The van der Waals surface area contributed by atoms with Crippen LogP contribution in [-0.4, -0.2) is 34.4 Å². The number of phenolic OH excluding ortho intramolecular Hbond substituents is 1. The number of aromatic hydroxyl groups is 1. The van der Waals surface area contributed by atoms with Crippen molar-refractivity contribution in [1.82, 2.24) is 10.2 Å². The minimum atomic E-state index is 0.126. The smallest absolute Gasteiger partial charge is 0.169 e. The lowest BCUT2D eigenvalue weighted by Crippen LogP contribution is -2.37. The summed E-state index contributed by atoms with van der Waals surface area (Å²) >= 11 is 0. The summed E-state index contributed by atoms with van der Waals surface area (Å²) in [6, 6.07) is 9.10. The van der Waals surface area contributed by atoms with E-state index in [2.05, 4.69) is 22.0 Å². The summed E-state index contributed by atoms with van der Waals surface area (Å²) in [5.74, 6) is 1.12. The first-order chi connectivity index (χ1) is 11.0. The van der Waals surface area contributed by atoms with Crippen LogP contribution in [0.1, 0.15) is 19.8 Å². The molecular formula is C17H23N5O. The Labute approximate surface area is 136 Å².